The third-order valence-corrected chi connectivity index (χ3v) is 9.03. The third-order valence-electron chi connectivity index (χ3n) is 7.99. The minimum atomic E-state index is -0.737. The summed E-state index contributed by atoms with van der Waals surface area (Å²) in [5.74, 6) is -1.10. The summed E-state index contributed by atoms with van der Waals surface area (Å²) >= 11 is 1.30. The topological polar surface area (TPSA) is 99.2 Å². The zero-order valence-corrected chi connectivity index (χ0v) is 25.7. The van der Waals surface area contributed by atoms with Crippen LogP contribution in [0, 0.1) is 24.1 Å². The maximum atomic E-state index is 13.5. The van der Waals surface area contributed by atoms with E-state index in [0.29, 0.717) is 53.9 Å². The Labute approximate surface area is 253 Å². The average Bonchev–Trinajstić information content (AvgIpc) is 3.70. The van der Waals surface area contributed by atoms with Gasteiger partial charge in [-0.05, 0) is 63.1 Å². The highest BCUT2D eigenvalue weighted by molar-refractivity contribution is 7.16. The number of carbonyl (C=O) groups is 1. The summed E-state index contributed by atoms with van der Waals surface area (Å²) in [6.45, 7) is 10.6. The first-order chi connectivity index (χ1) is 20.6. The minimum Gasteiger partial charge on any atom is -0.368 e. The van der Waals surface area contributed by atoms with Gasteiger partial charge in [-0.3, -0.25) is 4.79 Å². The lowest BCUT2D eigenvalue weighted by atomic mass is 10.1. The molecule has 3 aromatic heterocycles. The summed E-state index contributed by atoms with van der Waals surface area (Å²) in [4.78, 5) is 24.5. The monoisotopic (exact) mass is 603 g/mol. The number of pyridine rings is 1. The molecule has 2 aliphatic heterocycles. The highest BCUT2D eigenvalue weighted by atomic mass is 32.1. The van der Waals surface area contributed by atoms with E-state index >= 15 is 0 Å². The molecule has 12 heteroatoms. The van der Waals surface area contributed by atoms with Gasteiger partial charge < -0.3 is 24.2 Å². The molecule has 10 nitrogen and oxygen atoms in total. The maximum absolute atomic E-state index is 13.5. The summed E-state index contributed by atoms with van der Waals surface area (Å²) < 4.78 is 26.8. The van der Waals surface area contributed by atoms with Gasteiger partial charge in [0, 0.05) is 50.7 Å². The highest BCUT2D eigenvalue weighted by Gasteiger charge is 2.39. The molecule has 5 heterocycles. The largest absolute Gasteiger partial charge is 0.368 e. The number of fused-ring (bicyclic) bond motifs is 1. The fourth-order valence-corrected chi connectivity index (χ4v) is 6.62. The number of nitrogens with zero attached hydrogens (tertiary/aromatic N) is 7. The van der Waals surface area contributed by atoms with Crippen molar-refractivity contribution in [3.05, 3.63) is 58.5 Å². The molecular weight excluding hydrogens is 569 g/mol. The van der Waals surface area contributed by atoms with Crippen molar-refractivity contribution in [2.24, 2.45) is 0 Å². The van der Waals surface area contributed by atoms with Gasteiger partial charge >= 0.3 is 0 Å². The van der Waals surface area contributed by atoms with Gasteiger partial charge in [-0.1, -0.05) is 18.3 Å². The zero-order valence-electron chi connectivity index (χ0n) is 24.9. The molecule has 0 bridgehead atoms. The number of amides is 1. The fourth-order valence-electron chi connectivity index (χ4n) is 5.76. The molecule has 43 heavy (non-hydrogen) atoms. The van der Waals surface area contributed by atoms with Crippen molar-refractivity contribution in [1.82, 2.24) is 19.5 Å². The molecule has 224 valence electrons. The molecule has 4 aromatic rings. The Morgan fingerprint density at radius 3 is 2.58 bits per heavy atom. The van der Waals surface area contributed by atoms with Crippen molar-refractivity contribution >= 4 is 39.3 Å². The first kappa shape index (κ1) is 29.0. The molecule has 1 amide bonds. The van der Waals surface area contributed by atoms with Gasteiger partial charge in [0.1, 0.15) is 22.5 Å². The van der Waals surface area contributed by atoms with Crippen molar-refractivity contribution in [1.29, 1.82) is 5.26 Å². The second-order valence-electron chi connectivity index (χ2n) is 11.3. The molecule has 2 saturated heterocycles. The molecule has 2 fully saturated rings. The van der Waals surface area contributed by atoms with Crippen molar-refractivity contribution in [3.63, 3.8) is 0 Å². The third kappa shape index (κ3) is 5.44. The Hall–Kier alpha value is -4.05. The molecular formula is C31H34FN7O3S. The van der Waals surface area contributed by atoms with E-state index in [1.54, 1.807) is 12.1 Å². The van der Waals surface area contributed by atoms with Gasteiger partial charge in [-0.15, -0.1) is 0 Å². The van der Waals surface area contributed by atoms with Gasteiger partial charge in [-0.2, -0.15) is 10.4 Å². The van der Waals surface area contributed by atoms with Gasteiger partial charge in [0.05, 0.1) is 23.5 Å². The van der Waals surface area contributed by atoms with Crippen LogP contribution < -0.4 is 9.80 Å². The smallest absolute Gasteiger partial charge is 0.254 e. The summed E-state index contributed by atoms with van der Waals surface area (Å²) in [5.41, 5.74) is 6.15. The first-order valence-corrected chi connectivity index (χ1v) is 15.2. The zero-order chi connectivity index (χ0) is 30.5. The van der Waals surface area contributed by atoms with E-state index in [0.717, 1.165) is 28.1 Å². The molecule has 0 radical (unpaired) electrons. The van der Waals surface area contributed by atoms with Crippen molar-refractivity contribution in [2.75, 3.05) is 49.6 Å². The number of thiazole rings is 1. The molecule has 1 aromatic carbocycles. The van der Waals surface area contributed by atoms with Crippen LogP contribution in [0.25, 0.3) is 16.8 Å². The van der Waals surface area contributed by atoms with Crippen LogP contribution >= 0.6 is 11.3 Å². The van der Waals surface area contributed by atoms with Crippen LogP contribution in [0.15, 0.2) is 36.5 Å². The molecule has 1 unspecified atom stereocenters. The molecule has 0 spiro atoms. The fraction of sp³-hybridized carbons (Fsp3) is 0.419. The maximum Gasteiger partial charge on any atom is 0.254 e. The standard InChI is InChI=1S/C31H34FN7O3S/c1-6-22-28(36(5)30-34-27(26(16-33)43-30)20-7-9-21(32)10-8-20)24-15-23(19(2)17-39(24)35-22)37-11-13-38(14-12-37)29(40)25-18-41-31(3,4)42-25/h7-10,15,17,25H,6,11-14,18H2,1-5H3. The predicted octanol–water partition coefficient (Wildman–Crippen LogP) is 4.91. The normalized spacial score (nSPS) is 18.3. The van der Waals surface area contributed by atoms with Crippen molar-refractivity contribution in [3.8, 4) is 17.3 Å². The summed E-state index contributed by atoms with van der Waals surface area (Å²) in [7, 11) is 1.94. The van der Waals surface area contributed by atoms with Crippen LogP contribution in [0.3, 0.4) is 0 Å². The lowest BCUT2D eigenvalue weighted by molar-refractivity contribution is -0.160. The van der Waals surface area contributed by atoms with Gasteiger partial charge in [0.25, 0.3) is 5.91 Å². The van der Waals surface area contributed by atoms with Gasteiger partial charge in [0.15, 0.2) is 17.0 Å². The average molecular weight is 604 g/mol. The summed E-state index contributed by atoms with van der Waals surface area (Å²) in [6.07, 6.45) is 2.19. The van der Waals surface area contributed by atoms with E-state index in [-0.39, 0.29) is 18.3 Å². The SMILES string of the molecule is CCc1nn2cc(C)c(N3CCN(C(=O)C4COC(C)(C)O4)CC3)cc2c1N(C)c1nc(-c2ccc(F)cc2)c(C#N)s1. The number of halogens is 1. The number of anilines is 3. The van der Waals surface area contributed by atoms with E-state index in [1.807, 2.05) is 41.4 Å². The predicted molar refractivity (Wildman–Crippen MR) is 163 cm³/mol. The Morgan fingerprint density at radius 2 is 1.95 bits per heavy atom. The van der Waals surface area contributed by atoms with Crippen LogP contribution in [0.4, 0.5) is 20.9 Å². The lowest BCUT2D eigenvalue weighted by Gasteiger charge is -2.37. The minimum absolute atomic E-state index is 0.0233. The van der Waals surface area contributed by atoms with E-state index in [4.69, 9.17) is 19.6 Å². The van der Waals surface area contributed by atoms with Gasteiger partial charge in [-0.25, -0.2) is 13.9 Å². The number of hydrogen-bond acceptors (Lipinski definition) is 9. The van der Waals surface area contributed by atoms with Crippen LogP contribution in [0.5, 0.6) is 0 Å². The number of ether oxygens (including phenoxy) is 2. The van der Waals surface area contributed by atoms with Crippen molar-refractivity contribution < 1.29 is 18.7 Å². The molecule has 6 rings (SSSR count). The number of hydrogen-bond donors (Lipinski definition) is 0. The quantitative estimate of drug-likeness (QED) is 0.307. The van der Waals surface area contributed by atoms with E-state index in [1.165, 1.54) is 23.5 Å². The number of carbonyl (C=O) groups excluding carboxylic acids is 1. The molecule has 2 aliphatic rings. The van der Waals surface area contributed by atoms with E-state index in [2.05, 4.69) is 30.9 Å². The highest BCUT2D eigenvalue weighted by Crippen LogP contribution is 2.39. The van der Waals surface area contributed by atoms with Crippen LogP contribution in [0.2, 0.25) is 0 Å². The van der Waals surface area contributed by atoms with Crippen LogP contribution in [-0.4, -0.2) is 77.1 Å². The number of aromatic nitrogens is 3. The summed E-state index contributed by atoms with van der Waals surface area (Å²) in [5, 5.41) is 15.4. The Balaban J connectivity index is 1.28. The molecule has 1 atom stereocenters. The number of nitriles is 1. The Kier molecular flexibility index (Phi) is 7.58. The summed E-state index contributed by atoms with van der Waals surface area (Å²) in [6, 6.07) is 10.4. The second-order valence-corrected chi connectivity index (χ2v) is 12.3. The number of benzene rings is 1. The Morgan fingerprint density at radius 1 is 1.23 bits per heavy atom. The van der Waals surface area contributed by atoms with E-state index in [9.17, 15) is 14.4 Å². The van der Waals surface area contributed by atoms with E-state index < -0.39 is 11.9 Å². The number of piperazine rings is 1. The number of rotatable bonds is 6. The van der Waals surface area contributed by atoms with Gasteiger partial charge in [0.2, 0.25) is 0 Å². The first-order valence-electron chi connectivity index (χ1n) is 14.4. The second kappa shape index (κ2) is 11.2. The van der Waals surface area contributed by atoms with Crippen LogP contribution in [-0.2, 0) is 20.7 Å². The number of aryl methyl sites for hydroxylation is 2. The van der Waals surface area contributed by atoms with Crippen LogP contribution in [0.1, 0.15) is 36.9 Å². The molecule has 0 aliphatic carbocycles. The van der Waals surface area contributed by atoms with Crippen molar-refractivity contribution in [2.45, 2.75) is 46.0 Å². The Bertz CT molecular complexity index is 1720. The molecule has 0 saturated carbocycles. The lowest BCUT2D eigenvalue weighted by Crippen LogP contribution is -2.52. The molecule has 0 N–H and O–H groups in total.